The fourth-order valence-electron chi connectivity index (χ4n) is 2.05. The van der Waals surface area contributed by atoms with Crippen molar-refractivity contribution in [2.24, 2.45) is 0 Å². The molecule has 0 saturated heterocycles. The smallest absolute Gasteiger partial charge is 0.197 e. The highest BCUT2D eigenvalue weighted by molar-refractivity contribution is 5.95. The van der Waals surface area contributed by atoms with Gasteiger partial charge in [0.05, 0.1) is 6.10 Å². The minimum absolute atomic E-state index is 0.200. The second-order valence-corrected chi connectivity index (χ2v) is 3.91. The normalized spacial score (nSPS) is 24.6. The molecule has 2 nitrogen and oxygen atoms in total. The van der Waals surface area contributed by atoms with Gasteiger partial charge in [0, 0.05) is 6.42 Å². The molecule has 0 heterocycles. The summed E-state index contributed by atoms with van der Waals surface area (Å²) in [7, 11) is 0. The van der Waals surface area contributed by atoms with Crippen LogP contribution >= 0.6 is 0 Å². The number of hydrogen-bond donors (Lipinski definition) is 0. The Hall–Kier alpha value is -0.790. The van der Waals surface area contributed by atoms with Crippen LogP contribution in [-0.2, 0) is 9.53 Å². The first-order chi connectivity index (χ1) is 6.36. The van der Waals surface area contributed by atoms with Gasteiger partial charge in [0.2, 0.25) is 0 Å². The van der Waals surface area contributed by atoms with Crippen molar-refractivity contribution >= 4 is 5.78 Å². The van der Waals surface area contributed by atoms with Crippen LogP contribution in [0.15, 0.2) is 11.8 Å². The molecule has 0 atom stereocenters. The SMILES string of the molecule is O=C1CCC=C1OC1CCCCC1. The second kappa shape index (κ2) is 3.95. The van der Waals surface area contributed by atoms with Crippen LogP contribution in [0.2, 0.25) is 0 Å². The fraction of sp³-hybridized carbons (Fsp3) is 0.727. The molecule has 13 heavy (non-hydrogen) atoms. The molecule has 0 amide bonds. The molecule has 2 heteroatoms. The molecule has 0 radical (unpaired) electrons. The second-order valence-electron chi connectivity index (χ2n) is 3.91. The Morgan fingerprint density at radius 2 is 2.00 bits per heavy atom. The minimum atomic E-state index is 0.200. The van der Waals surface area contributed by atoms with Gasteiger partial charge in [-0.1, -0.05) is 6.42 Å². The Bertz CT molecular complexity index is 224. The maximum atomic E-state index is 11.3. The summed E-state index contributed by atoms with van der Waals surface area (Å²) in [6.45, 7) is 0. The fourth-order valence-corrected chi connectivity index (χ4v) is 2.05. The lowest BCUT2D eigenvalue weighted by Crippen LogP contribution is -2.18. The molecule has 0 unspecified atom stereocenters. The van der Waals surface area contributed by atoms with Crippen molar-refractivity contribution in [2.45, 2.75) is 51.0 Å². The van der Waals surface area contributed by atoms with Crippen molar-refractivity contribution in [3.63, 3.8) is 0 Å². The van der Waals surface area contributed by atoms with Gasteiger partial charge < -0.3 is 4.74 Å². The molecular weight excluding hydrogens is 164 g/mol. The third kappa shape index (κ3) is 2.11. The number of carbonyl (C=O) groups excluding carboxylic acids is 1. The van der Waals surface area contributed by atoms with E-state index in [0.29, 0.717) is 18.3 Å². The molecule has 0 N–H and O–H groups in total. The maximum absolute atomic E-state index is 11.3. The highest BCUT2D eigenvalue weighted by Crippen LogP contribution is 2.25. The van der Waals surface area contributed by atoms with Crippen LogP contribution in [0, 0.1) is 0 Å². The van der Waals surface area contributed by atoms with Crippen molar-refractivity contribution in [2.75, 3.05) is 0 Å². The molecule has 1 fully saturated rings. The summed E-state index contributed by atoms with van der Waals surface area (Å²) in [5, 5.41) is 0. The summed E-state index contributed by atoms with van der Waals surface area (Å²) in [6.07, 6.45) is 9.89. The van der Waals surface area contributed by atoms with Crippen LogP contribution in [-0.4, -0.2) is 11.9 Å². The van der Waals surface area contributed by atoms with Gasteiger partial charge in [-0.05, 0) is 38.2 Å². The summed E-state index contributed by atoms with van der Waals surface area (Å²) in [4.78, 5) is 11.3. The van der Waals surface area contributed by atoms with Gasteiger partial charge in [0.1, 0.15) is 0 Å². The summed E-state index contributed by atoms with van der Waals surface area (Å²) in [5.74, 6) is 0.845. The predicted octanol–water partition coefficient (Wildman–Crippen LogP) is 2.58. The number of Topliss-reactive ketones (excluding diaryl/α,β-unsaturated/α-hetero) is 1. The summed E-state index contributed by atoms with van der Waals surface area (Å²) >= 11 is 0. The van der Waals surface area contributed by atoms with E-state index in [9.17, 15) is 4.79 Å². The minimum Gasteiger partial charge on any atom is -0.487 e. The van der Waals surface area contributed by atoms with E-state index in [4.69, 9.17) is 4.74 Å². The molecular formula is C11H16O2. The third-order valence-electron chi connectivity index (χ3n) is 2.82. The van der Waals surface area contributed by atoms with E-state index < -0.39 is 0 Å². The lowest BCUT2D eigenvalue weighted by atomic mass is 9.98. The van der Waals surface area contributed by atoms with Crippen LogP contribution < -0.4 is 0 Å². The molecule has 72 valence electrons. The number of ketones is 1. The van der Waals surface area contributed by atoms with Gasteiger partial charge in [-0.25, -0.2) is 0 Å². The summed E-state index contributed by atoms with van der Waals surface area (Å²) in [6, 6.07) is 0. The van der Waals surface area contributed by atoms with Crippen LogP contribution in [0.3, 0.4) is 0 Å². The lowest BCUT2D eigenvalue weighted by molar-refractivity contribution is -0.119. The van der Waals surface area contributed by atoms with Crippen molar-refractivity contribution in [1.82, 2.24) is 0 Å². The third-order valence-corrected chi connectivity index (χ3v) is 2.82. The Morgan fingerprint density at radius 3 is 2.62 bits per heavy atom. The van der Waals surface area contributed by atoms with Gasteiger partial charge >= 0.3 is 0 Å². The molecule has 2 aliphatic carbocycles. The van der Waals surface area contributed by atoms with Crippen LogP contribution in [0.1, 0.15) is 44.9 Å². The van der Waals surface area contributed by atoms with Gasteiger partial charge in [0.15, 0.2) is 11.5 Å². The van der Waals surface area contributed by atoms with Crippen LogP contribution in [0.5, 0.6) is 0 Å². The van der Waals surface area contributed by atoms with Crippen molar-refractivity contribution in [3.8, 4) is 0 Å². The predicted molar refractivity (Wildman–Crippen MR) is 50.3 cm³/mol. The highest BCUT2D eigenvalue weighted by atomic mass is 16.5. The first-order valence-corrected chi connectivity index (χ1v) is 5.26. The Morgan fingerprint density at radius 1 is 1.23 bits per heavy atom. The molecule has 1 saturated carbocycles. The first kappa shape index (κ1) is 8.79. The molecule has 0 bridgehead atoms. The highest BCUT2D eigenvalue weighted by Gasteiger charge is 2.21. The van der Waals surface area contributed by atoms with E-state index in [2.05, 4.69) is 0 Å². The van der Waals surface area contributed by atoms with Crippen molar-refractivity contribution in [3.05, 3.63) is 11.8 Å². The number of hydrogen-bond acceptors (Lipinski definition) is 2. The van der Waals surface area contributed by atoms with E-state index in [0.717, 1.165) is 19.3 Å². The molecule has 2 rings (SSSR count). The zero-order valence-electron chi connectivity index (χ0n) is 7.92. The zero-order chi connectivity index (χ0) is 9.10. The van der Waals surface area contributed by atoms with Crippen LogP contribution in [0.25, 0.3) is 0 Å². The monoisotopic (exact) mass is 180 g/mol. The number of carbonyl (C=O) groups is 1. The van der Waals surface area contributed by atoms with Gasteiger partial charge in [-0.3, -0.25) is 4.79 Å². The van der Waals surface area contributed by atoms with Crippen molar-refractivity contribution in [1.29, 1.82) is 0 Å². The van der Waals surface area contributed by atoms with Crippen molar-refractivity contribution < 1.29 is 9.53 Å². The number of allylic oxidation sites excluding steroid dienone is 2. The van der Waals surface area contributed by atoms with E-state index in [1.165, 1.54) is 19.3 Å². The quantitative estimate of drug-likeness (QED) is 0.653. The molecule has 2 aliphatic rings. The molecule has 0 aromatic heterocycles. The van der Waals surface area contributed by atoms with E-state index >= 15 is 0 Å². The number of ether oxygens (including phenoxy) is 1. The van der Waals surface area contributed by atoms with E-state index in [1.807, 2.05) is 6.08 Å². The van der Waals surface area contributed by atoms with Gasteiger partial charge in [-0.2, -0.15) is 0 Å². The maximum Gasteiger partial charge on any atom is 0.197 e. The Kier molecular flexibility index (Phi) is 2.67. The first-order valence-electron chi connectivity index (χ1n) is 5.26. The average Bonchev–Trinajstić information content (AvgIpc) is 2.54. The summed E-state index contributed by atoms with van der Waals surface area (Å²) < 4.78 is 5.68. The van der Waals surface area contributed by atoms with Gasteiger partial charge in [0.25, 0.3) is 0 Å². The molecule has 0 aromatic rings. The van der Waals surface area contributed by atoms with E-state index in [1.54, 1.807) is 0 Å². The largest absolute Gasteiger partial charge is 0.487 e. The number of rotatable bonds is 2. The zero-order valence-corrected chi connectivity index (χ0v) is 7.92. The summed E-state index contributed by atoms with van der Waals surface area (Å²) in [5.41, 5.74) is 0. The lowest BCUT2D eigenvalue weighted by Gasteiger charge is -2.22. The Balaban J connectivity index is 1.86. The van der Waals surface area contributed by atoms with Crippen LogP contribution in [0.4, 0.5) is 0 Å². The van der Waals surface area contributed by atoms with E-state index in [-0.39, 0.29) is 5.78 Å². The topological polar surface area (TPSA) is 26.3 Å². The molecule has 0 spiro atoms. The Labute approximate surface area is 79.0 Å². The average molecular weight is 180 g/mol. The van der Waals surface area contributed by atoms with Gasteiger partial charge in [-0.15, -0.1) is 0 Å². The molecule has 0 aliphatic heterocycles. The molecule has 0 aromatic carbocycles. The standard InChI is InChI=1S/C11H16O2/c12-10-7-4-8-11(10)13-9-5-2-1-3-6-9/h8-9H,1-7H2.